The van der Waals surface area contributed by atoms with Crippen LogP contribution in [-0.4, -0.2) is 5.11 Å². The number of anilines is 2. The molecule has 0 aliphatic carbocycles. The van der Waals surface area contributed by atoms with E-state index in [0.717, 1.165) is 32.4 Å². The number of nitrogens with one attached hydrogen (secondary N) is 1. The van der Waals surface area contributed by atoms with Gasteiger partial charge in [0.25, 0.3) is 0 Å². The second-order valence-electron chi connectivity index (χ2n) is 6.20. The standard InChI is InChI=1S/C21H18BrClFNO/c1-12-7-14(3-5-18(12)23)17-8-13(2)21(10-19(17)24)25-20-6-4-16(22)9-15(20)11-26/h3-10,25-26H,11H2,1-2H3. The Hall–Kier alpha value is -1.88. The highest BCUT2D eigenvalue weighted by Gasteiger charge is 2.12. The van der Waals surface area contributed by atoms with Gasteiger partial charge in [0.2, 0.25) is 0 Å². The fourth-order valence-corrected chi connectivity index (χ4v) is 3.34. The maximum Gasteiger partial charge on any atom is 0.133 e. The van der Waals surface area contributed by atoms with Crippen LogP contribution in [-0.2, 0) is 6.61 Å². The van der Waals surface area contributed by atoms with E-state index in [0.29, 0.717) is 16.3 Å². The molecule has 0 spiro atoms. The molecule has 3 rings (SSSR count). The average Bonchev–Trinajstić information content (AvgIpc) is 2.61. The molecule has 0 unspecified atom stereocenters. The third kappa shape index (κ3) is 3.93. The topological polar surface area (TPSA) is 32.3 Å². The van der Waals surface area contributed by atoms with Crippen LogP contribution in [0, 0.1) is 19.7 Å². The Morgan fingerprint density at radius 2 is 1.77 bits per heavy atom. The maximum atomic E-state index is 14.8. The van der Waals surface area contributed by atoms with E-state index in [-0.39, 0.29) is 12.4 Å². The largest absolute Gasteiger partial charge is 0.392 e. The molecule has 5 heteroatoms. The Balaban J connectivity index is 1.98. The molecule has 0 saturated heterocycles. The second-order valence-corrected chi connectivity index (χ2v) is 7.52. The van der Waals surface area contributed by atoms with Gasteiger partial charge in [-0.3, -0.25) is 0 Å². The lowest BCUT2D eigenvalue weighted by molar-refractivity contribution is 0.282. The predicted molar refractivity (Wildman–Crippen MR) is 110 cm³/mol. The third-order valence-corrected chi connectivity index (χ3v) is 5.21. The maximum absolute atomic E-state index is 14.8. The molecule has 3 aromatic rings. The number of hydrogen-bond acceptors (Lipinski definition) is 2. The molecule has 2 nitrogen and oxygen atoms in total. The zero-order valence-electron chi connectivity index (χ0n) is 14.4. The number of halogens is 3. The zero-order valence-corrected chi connectivity index (χ0v) is 16.7. The van der Waals surface area contributed by atoms with Crippen molar-refractivity contribution in [3.63, 3.8) is 0 Å². The van der Waals surface area contributed by atoms with Crippen molar-refractivity contribution in [1.82, 2.24) is 0 Å². The molecule has 0 aliphatic rings. The molecule has 0 aliphatic heterocycles. The normalized spacial score (nSPS) is 10.8. The van der Waals surface area contributed by atoms with Crippen LogP contribution >= 0.6 is 27.5 Å². The fourth-order valence-electron chi connectivity index (χ4n) is 2.81. The van der Waals surface area contributed by atoms with Gasteiger partial charge in [-0.1, -0.05) is 33.6 Å². The van der Waals surface area contributed by atoms with Crippen LogP contribution in [0.3, 0.4) is 0 Å². The number of aliphatic hydroxyl groups excluding tert-OH is 1. The SMILES string of the molecule is Cc1cc(-c2cc(C)c(Nc3ccc(Br)cc3CO)cc2F)ccc1Cl. The van der Waals surface area contributed by atoms with Gasteiger partial charge >= 0.3 is 0 Å². The van der Waals surface area contributed by atoms with Gasteiger partial charge in [0.1, 0.15) is 5.82 Å². The van der Waals surface area contributed by atoms with Gasteiger partial charge in [-0.2, -0.15) is 0 Å². The summed E-state index contributed by atoms with van der Waals surface area (Å²) < 4.78 is 15.6. The van der Waals surface area contributed by atoms with Crippen LogP contribution in [0.1, 0.15) is 16.7 Å². The van der Waals surface area contributed by atoms with Crippen LogP contribution in [0.25, 0.3) is 11.1 Å². The van der Waals surface area contributed by atoms with E-state index in [9.17, 15) is 9.50 Å². The monoisotopic (exact) mass is 433 g/mol. The van der Waals surface area contributed by atoms with Crippen molar-refractivity contribution in [2.45, 2.75) is 20.5 Å². The molecule has 0 aromatic heterocycles. The van der Waals surface area contributed by atoms with E-state index in [1.165, 1.54) is 6.07 Å². The van der Waals surface area contributed by atoms with Gasteiger partial charge in [-0.05, 0) is 73.0 Å². The Morgan fingerprint density at radius 1 is 1.00 bits per heavy atom. The molecule has 134 valence electrons. The van der Waals surface area contributed by atoms with Crippen molar-refractivity contribution >= 4 is 38.9 Å². The lowest BCUT2D eigenvalue weighted by Crippen LogP contribution is -1.99. The summed E-state index contributed by atoms with van der Waals surface area (Å²) in [7, 11) is 0. The molecule has 0 fully saturated rings. The quantitative estimate of drug-likeness (QED) is 0.475. The molecular formula is C21H18BrClFNO. The summed E-state index contributed by atoms with van der Waals surface area (Å²) in [6, 6.07) is 14.3. The highest BCUT2D eigenvalue weighted by molar-refractivity contribution is 9.10. The van der Waals surface area contributed by atoms with Crippen LogP contribution in [0.4, 0.5) is 15.8 Å². The minimum atomic E-state index is -0.317. The van der Waals surface area contributed by atoms with Gasteiger partial charge < -0.3 is 10.4 Å². The van der Waals surface area contributed by atoms with Crippen molar-refractivity contribution < 1.29 is 9.50 Å². The lowest BCUT2D eigenvalue weighted by atomic mass is 10.00. The number of aryl methyl sites for hydroxylation is 2. The van der Waals surface area contributed by atoms with Crippen molar-refractivity contribution in [3.8, 4) is 11.1 Å². The lowest BCUT2D eigenvalue weighted by Gasteiger charge is -2.15. The smallest absolute Gasteiger partial charge is 0.133 e. The average molecular weight is 435 g/mol. The number of benzene rings is 3. The molecular weight excluding hydrogens is 417 g/mol. The van der Waals surface area contributed by atoms with Crippen LogP contribution in [0.2, 0.25) is 5.02 Å². The Labute approximate surface area is 165 Å². The molecule has 0 bridgehead atoms. The summed E-state index contributed by atoms with van der Waals surface area (Å²) in [6.45, 7) is 3.72. The summed E-state index contributed by atoms with van der Waals surface area (Å²) in [4.78, 5) is 0. The Bertz CT molecular complexity index is 974. The summed E-state index contributed by atoms with van der Waals surface area (Å²) >= 11 is 9.45. The minimum Gasteiger partial charge on any atom is -0.392 e. The van der Waals surface area contributed by atoms with Gasteiger partial charge in [-0.25, -0.2) is 4.39 Å². The summed E-state index contributed by atoms with van der Waals surface area (Å²) in [5.74, 6) is -0.317. The highest BCUT2D eigenvalue weighted by Crippen LogP contribution is 2.33. The predicted octanol–water partition coefficient (Wildman–Crippen LogP) is 6.76. The first-order chi connectivity index (χ1) is 12.4. The van der Waals surface area contributed by atoms with E-state index in [1.54, 1.807) is 6.07 Å². The third-order valence-electron chi connectivity index (χ3n) is 4.29. The summed E-state index contributed by atoms with van der Waals surface area (Å²) in [6.07, 6.45) is 0. The minimum absolute atomic E-state index is 0.106. The van der Waals surface area contributed by atoms with Crippen LogP contribution < -0.4 is 5.32 Å². The zero-order chi connectivity index (χ0) is 18.8. The van der Waals surface area contributed by atoms with Crippen molar-refractivity contribution in [1.29, 1.82) is 0 Å². The molecule has 0 radical (unpaired) electrons. The van der Waals surface area contributed by atoms with Gasteiger partial charge in [0, 0.05) is 32.0 Å². The van der Waals surface area contributed by atoms with Crippen molar-refractivity contribution in [2.75, 3.05) is 5.32 Å². The molecule has 3 aromatic carbocycles. The van der Waals surface area contributed by atoms with Gasteiger partial charge in [0.05, 0.1) is 6.61 Å². The number of hydrogen-bond donors (Lipinski definition) is 2. The molecule has 26 heavy (non-hydrogen) atoms. The van der Waals surface area contributed by atoms with Gasteiger partial charge in [0.15, 0.2) is 0 Å². The molecule has 0 amide bonds. The number of rotatable bonds is 4. The highest BCUT2D eigenvalue weighted by atomic mass is 79.9. The van der Waals surface area contributed by atoms with Gasteiger partial charge in [-0.15, -0.1) is 0 Å². The molecule has 0 heterocycles. The Morgan fingerprint density at radius 3 is 2.46 bits per heavy atom. The van der Waals surface area contributed by atoms with Crippen LogP contribution in [0.15, 0.2) is 53.0 Å². The summed E-state index contributed by atoms with van der Waals surface area (Å²) in [5, 5.41) is 13.4. The molecule has 0 atom stereocenters. The fraction of sp³-hybridized carbons (Fsp3) is 0.143. The van der Waals surface area contributed by atoms with E-state index >= 15 is 0 Å². The van der Waals surface area contributed by atoms with E-state index in [4.69, 9.17) is 11.6 Å². The molecule has 0 saturated carbocycles. The van der Waals surface area contributed by atoms with E-state index in [2.05, 4.69) is 21.2 Å². The first kappa shape index (κ1) is 18.9. The van der Waals surface area contributed by atoms with Crippen LogP contribution in [0.5, 0.6) is 0 Å². The van der Waals surface area contributed by atoms with E-state index in [1.807, 2.05) is 50.2 Å². The Kier molecular flexibility index (Phi) is 5.66. The second kappa shape index (κ2) is 7.78. The first-order valence-corrected chi connectivity index (χ1v) is 9.29. The van der Waals surface area contributed by atoms with E-state index < -0.39 is 0 Å². The summed E-state index contributed by atoms with van der Waals surface area (Å²) in [5.41, 5.74) is 5.27. The molecule has 2 N–H and O–H groups in total. The van der Waals surface area contributed by atoms with Crippen molar-refractivity contribution in [3.05, 3.63) is 80.5 Å². The van der Waals surface area contributed by atoms with Crippen molar-refractivity contribution in [2.24, 2.45) is 0 Å². The number of aliphatic hydroxyl groups is 1. The first-order valence-electron chi connectivity index (χ1n) is 8.12.